The minimum absolute atomic E-state index is 0.0313. The van der Waals surface area contributed by atoms with Crippen LogP contribution < -0.4 is 16.0 Å². The quantitative estimate of drug-likeness (QED) is 0.892. The molecule has 0 aliphatic heterocycles. The zero-order valence-corrected chi connectivity index (χ0v) is 12.9. The summed E-state index contributed by atoms with van der Waals surface area (Å²) in [7, 11) is 0. The Kier molecular flexibility index (Phi) is 4.29. The molecule has 1 aromatic heterocycles. The minimum atomic E-state index is -0.404. The number of hydrogen-bond acceptors (Lipinski definition) is 3. The van der Waals surface area contributed by atoms with Gasteiger partial charge in [0.25, 0.3) is 5.56 Å². The van der Waals surface area contributed by atoms with Crippen LogP contribution >= 0.6 is 0 Å². The van der Waals surface area contributed by atoms with Gasteiger partial charge in [0, 0.05) is 17.8 Å². The smallest absolute Gasteiger partial charge is 0.255 e. The predicted molar refractivity (Wildman–Crippen MR) is 87.2 cm³/mol. The van der Waals surface area contributed by atoms with E-state index in [4.69, 9.17) is 10.5 Å². The number of pyridine rings is 1. The first kappa shape index (κ1) is 14.9. The number of hydrogen-bond donors (Lipinski definition) is 1. The van der Waals surface area contributed by atoms with Gasteiger partial charge in [0.15, 0.2) is 0 Å². The Morgan fingerprint density at radius 3 is 2.64 bits per heavy atom. The monoisotopic (exact) mass is 298 g/mol. The summed E-state index contributed by atoms with van der Waals surface area (Å²) in [5, 5.41) is 0. The highest BCUT2D eigenvalue weighted by Crippen LogP contribution is 2.33. The molecule has 4 heteroatoms. The van der Waals surface area contributed by atoms with E-state index in [0.29, 0.717) is 18.2 Å². The van der Waals surface area contributed by atoms with Crippen LogP contribution in [-0.2, 0) is 0 Å². The molecule has 1 heterocycles. The van der Waals surface area contributed by atoms with Gasteiger partial charge in [0.1, 0.15) is 5.75 Å². The van der Waals surface area contributed by atoms with Gasteiger partial charge in [-0.25, -0.2) is 0 Å². The average Bonchev–Trinajstić information content (AvgIpc) is 3.38. The van der Waals surface area contributed by atoms with Crippen molar-refractivity contribution in [3.8, 4) is 5.75 Å². The third-order valence-corrected chi connectivity index (χ3v) is 3.99. The van der Waals surface area contributed by atoms with Crippen LogP contribution in [-0.4, -0.2) is 11.2 Å². The fourth-order valence-corrected chi connectivity index (χ4v) is 2.58. The predicted octanol–water partition coefficient (Wildman–Crippen LogP) is 3.02. The molecule has 0 bridgehead atoms. The van der Waals surface area contributed by atoms with Crippen molar-refractivity contribution in [2.24, 2.45) is 5.73 Å². The lowest BCUT2D eigenvalue weighted by atomic mass is 10.0. The van der Waals surface area contributed by atoms with Crippen molar-refractivity contribution >= 4 is 0 Å². The second-order valence-electron chi connectivity index (χ2n) is 5.80. The molecular formula is C18H22N2O2. The lowest BCUT2D eigenvalue weighted by molar-refractivity contribution is 0.317. The van der Waals surface area contributed by atoms with Gasteiger partial charge >= 0.3 is 0 Å². The molecule has 116 valence electrons. The molecule has 2 N–H and O–H groups in total. The highest BCUT2D eigenvalue weighted by Gasteiger charge is 2.25. The van der Waals surface area contributed by atoms with Gasteiger partial charge in [-0.2, -0.15) is 0 Å². The van der Waals surface area contributed by atoms with Crippen LogP contribution in [0.3, 0.4) is 0 Å². The third-order valence-electron chi connectivity index (χ3n) is 3.99. The summed E-state index contributed by atoms with van der Waals surface area (Å²) in [6.45, 7) is 2.78. The number of nitrogens with zero attached hydrogens (tertiary/aromatic N) is 1. The van der Waals surface area contributed by atoms with E-state index in [1.54, 1.807) is 0 Å². The summed E-state index contributed by atoms with van der Waals surface area (Å²) in [4.78, 5) is 12.5. The third kappa shape index (κ3) is 3.07. The van der Waals surface area contributed by atoms with Crippen LogP contribution in [0.4, 0.5) is 0 Å². The largest absolute Gasteiger partial charge is 0.494 e. The first-order valence-electron chi connectivity index (χ1n) is 7.90. The zero-order valence-electron chi connectivity index (χ0n) is 12.9. The Morgan fingerprint density at radius 2 is 2.00 bits per heavy atom. The van der Waals surface area contributed by atoms with Gasteiger partial charge in [-0.05, 0) is 43.0 Å². The molecule has 4 nitrogen and oxygen atoms in total. The standard InChI is InChI=1S/C18H22N2O2/c1-2-12-22-15-9-5-13(6-10-15)17(19)16-4-3-11-20(18(16)21)14-7-8-14/h3-6,9-11,14,17H,2,7-8,12,19H2,1H3. The summed E-state index contributed by atoms with van der Waals surface area (Å²) >= 11 is 0. The highest BCUT2D eigenvalue weighted by molar-refractivity contribution is 5.34. The molecule has 1 atom stereocenters. The molecule has 0 amide bonds. The summed E-state index contributed by atoms with van der Waals surface area (Å²) in [6, 6.07) is 11.4. The van der Waals surface area contributed by atoms with Crippen LogP contribution in [0.25, 0.3) is 0 Å². The van der Waals surface area contributed by atoms with Crippen molar-refractivity contribution in [2.45, 2.75) is 38.3 Å². The Morgan fingerprint density at radius 1 is 1.27 bits per heavy atom. The maximum atomic E-state index is 12.5. The molecule has 22 heavy (non-hydrogen) atoms. The summed E-state index contributed by atoms with van der Waals surface area (Å²) in [5.74, 6) is 0.834. The van der Waals surface area contributed by atoms with E-state index in [1.165, 1.54) is 0 Å². The van der Waals surface area contributed by atoms with Crippen LogP contribution in [0.2, 0.25) is 0 Å². The second-order valence-corrected chi connectivity index (χ2v) is 5.80. The van der Waals surface area contributed by atoms with E-state index in [2.05, 4.69) is 6.92 Å². The molecule has 1 aromatic carbocycles. The molecule has 3 rings (SSSR count). The van der Waals surface area contributed by atoms with Crippen molar-refractivity contribution in [3.05, 3.63) is 64.1 Å². The Bertz CT molecular complexity index is 687. The first-order valence-corrected chi connectivity index (χ1v) is 7.90. The van der Waals surface area contributed by atoms with Crippen LogP contribution in [0.15, 0.2) is 47.4 Å². The van der Waals surface area contributed by atoms with E-state index in [-0.39, 0.29) is 5.56 Å². The molecule has 1 aliphatic rings. The van der Waals surface area contributed by atoms with E-state index in [9.17, 15) is 4.79 Å². The lowest BCUT2D eigenvalue weighted by Gasteiger charge is -2.14. The van der Waals surface area contributed by atoms with E-state index < -0.39 is 6.04 Å². The summed E-state index contributed by atoms with van der Waals surface area (Å²) in [6.07, 6.45) is 5.01. The second kappa shape index (κ2) is 6.36. The Labute approximate surface area is 130 Å². The van der Waals surface area contributed by atoms with Gasteiger partial charge in [-0.15, -0.1) is 0 Å². The maximum Gasteiger partial charge on any atom is 0.255 e. The number of benzene rings is 1. The molecule has 1 unspecified atom stereocenters. The molecular weight excluding hydrogens is 276 g/mol. The molecule has 0 radical (unpaired) electrons. The van der Waals surface area contributed by atoms with Crippen molar-refractivity contribution in [2.75, 3.05) is 6.61 Å². The molecule has 0 saturated heterocycles. The number of ether oxygens (including phenoxy) is 1. The normalized spacial score (nSPS) is 15.5. The molecule has 1 aliphatic carbocycles. The average molecular weight is 298 g/mol. The first-order chi connectivity index (χ1) is 10.7. The summed E-state index contributed by atoms with van der Waals surface area (Å²) < 4.78 is 7.38. The zero-order chi connectivity index (χ0) is 15.5. The Balaban J connectivity index is 1.83. The summed E-state index contributed by atoms with van der Waals surface area (Å²) in [5.41, 5.74) is 7.91. The molecule has 2 aromatic rings. The van der Waals surface area contributed by atoms with Gasteiger partial charge < -0.3 is 15.0 Å². The topological polar surface area (TPSA) is 57.2 Å². The Hall–Kier alpha value is -2.07. The molecule has 1 fully saturated rings. The lowest BCUT2D eigenvalue weighted by Crippen LogP contribution is -2.27. The fraction of sp³-hybridized carbons (Fsp3) is 0.389. The van der Waals surface area contributed by atoms with E-state index in [1.807, 2.05) is 47.2 Å². The molecule has 0 spiro atoms. The van der Waals surface area contributed by atoms with Crippen LogP contribution in [0.1, 0.15) is 49.4 Å². The maximum absolute atomic E-state index is 12.5. The fourth-order valence-electron chi connectivity index (χ4n) is 2.58. The molecule has 1 saturated carbocycles. The number of nitrogens with two attached hydrogens (primary N) is 1. The van der Waals surface area contributed by atoms with Gasteiger partial charge in [0.05, 0.1) is 12.6 Å². The number of aromatic nitrogens is 1. The van der Waals surface area contributed by atoms with Crippen LogP contribution in [0.5, 0.6) is 5.75 Å². The van der Waals surface area contributed by atoms with Crippen molar-refractivity contribution < 1.29 is 4.74 Å². The van der Waals surface area contributed by atoms with Crippen LogP contribution in [0, 0.1) is 0 Å². The van der Waals surface area contributed by atoms with Crippen molar-refractivity contribution in [1.29, 1.82) is 0 Å². The van der Waals surface area contributed by atoms with Crippen molar-refractivity contribution in [3.63, 3.8) is 0 Å². The van der Waals surface area contributed by atoms with Gasteiger partial charge in [0.2, 0.25) is 0 Å². The minimum Gasteiger partial charge on any atom is -0.494 e. The SMILES string of the molecule is CCCOc1ccc(C(N)c2cccn(C3CC3)c2=O)cc1. The number of rotatable bonds is 6. The van der Waals surface area contributed by atoms with Gasteiger partial charge in [-0.1, -0.05) is 25.1 Å². The highest BCUT2D eigenvalue weighted by atomic mass is 16.5. The van der Waals surface area contributed by atoms with E-state index in [0.717, 1.165) is 30.6 Å². The van der Waals surface area contributed by atoms with E-state index >= 15 is 0 Å². The van der Waals surface area contributed by atoms with Gasteiger partial charge in [-0.3, -0.25) is 4.79 Å². The van der Waals surface area contributed by atoms with Crippen molar-refractivity contribution in [1.82, 2.24) is 4.57 Å².